The first-order valence-corrected chi connectivity index (χ1v) is 8.86. The summed E-state index contributed by atoms with van der Waals surface area (Å²) < 4.78 is 5.66. The van der Waals surface area contributed by atoms with Gasteiger partial charge in [0.05, 0.1) is 13.1 Å². The normalized spacial score (nSPS) is 18.2. The molecule has 1 amide bonds. The zero-order valence-corrected chi connectivity index (χ0v) is 15.1. The van der Waals surface area contributed by atoms with Gasteiger partial charge in [-0.15, -0.1) is 0 Å². The summed E-state index contributed by atoms with van der Waals surface area (Å²) in [5, 5.41) is 5.80. The molecule has 0 bridgehead atoms. The molecule has 0 radical (unpaired) electrons. The van der Waals surface area contributed by atoms with Crippen LogP contribution in [0.4, 0.5) is 5.69 Å². The van der Waals surface area contributed by atoms with Crippen molar-refractivity contribution in [3.63, 3.8) is 0 Å². The zero-order valence-electron chi connectivity index (χ0n) is 15.1. The predicted molar refractivity (Wildman–Crippen MR) is 101 cm³/mol. The van der Waals surface area contributed by atoms with E-state index in [1.807, 2.05) is 18.2 Å². The fourth-order valence-corrected chi connectivity index (χ4v) is 2.99. The molecule has 2 rings (SSSR count). The van der Waals surface area contributed by atoms with Gasteiger partial charge in [0.15, 0.2) is 5.96 Å². The van der Waals surface area contributed by atoms with Crippen molar-refractivity contribution >= 4 is 17.6 Å². The van der Waals surface area contributed by atoms with E-state index in [4.69, 9.17) is 10.5 Å². The van der Waals surface area contributed by atoms with Gasteiger partial charge in [-0.2, -0.15) is 0 Å². The summed E-state index contributed by atoms with van der Waals surface area (Å²) in [6.07, 6.45) is 2.44. The van der Waals surface area contributed by atoms with E-state index in [1.165, 1.54) is 19.8 Å². The molecular formula is C18H29N5O2. The summed E-state index contributed by atoms with van der Waals surface area (Å²) >= 11 is 0. The van der Waals surface area contributed by atoms with Crippen molar-refractivity contribution in [1.29, 1.82) is 0 Å². The number of hydrogen-bond donors (Lipinski definition) is 3. The van der Waals surface area contributed by atoms with Crippen LogP contribution in [-0.2, 0) is 4.79 Å². The second-order valence-electron chi connectivity index (χ2n) is 6.13. The maximum atomic E-state index is 11.1. The number of carbonyl (C=O) groups is 1. The molecule has 1 aromatic rings. The second kappa shape index (κ2) is 9.88. The van der Waals surface area contributed by atoms with Crippen molar-refractivity contribution in [2.45, 2.75) is 32.7 Å². The Morgan fingerprint density at radius 1 is 1.48 bits per heavy atom. The Bertz CT molecular complexity index is 591. The second-order valence-corrected chi connectivity index (χ2v) is 6.13. The van der Waals surface area contributed by atoms with Crippen LogP contribution in [0.5, 0.6) is 5.75 Å². The van der Waals surface area contributed by atoms with Crippen molar-refractivity contribution < 1.29 is 9.53 Å². The first-order chi connectivity index (χ1) is 12.1. The summed E-state index contributed by atoms with van der Waals surface area (Å²) in [6.45, 7) is 7.67. The van der Waals surface area contributed by atoms with Gasteiger partial charge < -0.3 is 21.1 Å². The molecule has 7 nitrogen and oxygen atoms in total. The predicted octanol–water partition coefficient (Wildman–Crippen LogP) is 1.41. The van der Waals surface area contributed by atoms with Crippen molar-refractivity contribution in [1.82, 2.24) is 10.2 Å². The number of likely N-dealkylation sites (tertiary alicyclic amines) is 1. The first kappa shape index (κ1) is 19.1. The van der Waals surface area contributed by atoms with Gasteiger partial charge in [-0.1, -0.05) is 13.0 Å². The van der Waals surface area contributed by atoms with Crippen LogP contribution in [0, 0.1) is 0 Å². The van der Waals surface area contributed by atoms with E-state index < -0.39 is 0 Å². The molecule has 0 spiro atoms. The number of benzene rings is 1. The number of nitrogens with zero attached hydrogens (tertiary/aromatic N) is 2. The molecule has 1 aliphatic rings. The Hall–Kier alpha value is -2.28. The average Bonchev–Trinajstić information content (AvgIpc) is 3.04. The van der Waals surface area contributed by atoms with Crippen molar-refractivity contribution in [3.05, 3.63) is 24.3 Å². The number of guanidine groups is 1. The minimum atomic E-state index is -0.105. The Morgan fingerprint density at radius 2 is 2.32 bits per heavy atom. The maximum absolute atomic E-state index is 11.1. The highest BCUT2D eigenvalue weighted by molar-refractivity contribution is 5.88. The number of aliphatic imine (C=N–C) groups is 1. The molecule has 25 heavy (non-hydrogen) atoms. The first-order valence-electron chi connectivity index (χ1n) is 8.86. The van der Waals surface area contributed by atoms with Gasteiger partial charge in [-0.3, -0.25) is 14.7 Å². The smallest absolute Gasteiger partial charge is 0.221 e. The number of carbonyl (C=O) groups excluding carboxylic acids is 1. The van der Waals surface area contributed by atoms with Gasteiger partial charge in [0.2, 0.25) is 5.91 Å². The summed E-state index contributed by atoms with van der Waals surface area (Å²) in [7, 11) is 0. The molecule has 138 valence electrons. The Kier molecular flexibility index (Phi) is 7.53. The summed E-state index contributed by atoms with van der Waals surface area (Å²) in [5.41, 5.74) is 6.63. The monoisotopic (exact) mass is 347 g/mol. The maximum Gasteiger partial charge on any atom is 0.221 e. The van der Waals surface area contributed by atoms with Crippen LogP contribution in [-0.4, -0.2) is 55.6 Å². The molecule has 1 unspecified atom stereocenters. The lowest BCUT2D eigenvalue weighted by Crippen LogP contribution is -2.37. The molecule has 0 aliphatic carbocycles. The third-order valence-corrected chi connectivity index (χ3v) is 4.21. The molecule has 1 aromatic carbocycles. The summed E-state index contributed by atoms with van der Waals surface area (Å²) in [6, 6.07) is 7.81. The van der Waals surface area contributed by atoms with E-state index in [-0.39, 0.29) is 5.91 Å². The lowest BCUT2D eigenvalue weighted by atomic mass is 10.2. The molecular weight excluding hydrogens is 318 g/mol. The molecule has 1 aliphatic heterocycles. The minimum absolute atomic E-state index is 0.105. The van der Waals surface area contributed by atoms with Gasteiger partial charge in [0.1, 0.15) is 12.4 Å². The van der Waals surface area contributed by atoms with Crippen LogP contribution >= 0.6 is 0 Å². The van der Waals surface area contributed by atoms with Crippen LogP contribution in [0.2, 0.25) is 0 Å². The molecule has 7 heteroatoms. The van der Waals surface area contributed by atoms with Crippen molar-refractivity contribution in [2.24, 2.45) is 10.7 Å². The average molecular weight is 347 g/mol. The van der Waals surface area contributed by atoms with E-state index in [1.54, 1.807) is 6.07 Å². The van der Waals surface area contributed by atoms with Crippen LogP contribution < -0.4 is 21.1 Å². The summed E-state index contributed by atoms with van der Waals surface area (Å²) in [4.78, 5) is 17.9. The fourth-order valence-electron chi connectivity index (χ4n) is 2.99. The largest absolute Gasteiger partial charge is 0.492 e. The molecule has 4 N–H and O–H groups in total. The number of nitrogens with one attached hydrogen (secondary N) is 2. The van der Waals surface area contributed by atoms with Gasteiger partial charge >= 0.3 is 0 Å². The number of hydrogen-bond acceptors (Lipinski definition) is 4. The highest BCUT2D eigenvalue weighted by Gasteiger charge is 2.22. The SMILES string of the molecule is CCN1CCCC1CN=C(N)NCCOc1cccc(NC(C)=O)c1. The van der Waals surface area contributed by atoms with Gasteiger partial charge in [-0.25, -0.2) is 0 Å². The number of anilines is 1. The Morgan fingerprint density at radius 3 is 3.08 bits per heavy atom. The number of amides is 1. The van der Waals surface area contributed by atoms with Crippen LogP contribution in [0.15, 0.2) is 29.3 Å². The zero-order chi connectivity index (χ0) is 18.1. The summed E-state index contributed by atoms with van der Waals surface area (Å²) in [5.74, 6) is 1.05. The standard InChI is InChI=1S/C18H29N5O2/c1-3-23-10-5-7-16(23)13-21-18(19)20-9-11-25-17-8-4-6-15(12-17)22-14(2)24/h4,6,8,12,16H,3,5,7,9-11,13H2,1-2H3,(H,22,24)(H3,19,20,21). The van der Waals surface area contributed by atoms with Crippen LogP contribution in [0.1, 0.15) is 26.7 Å². The topological polar surface area (TPSA) is 92.0 Å². The molecule has 1 saturated heterocycles. The van der Waals surface area contributed by atoms with Crippen molar-refractivity contribution in [2.75, 3.05) is 38.1 Å². The van der Waals surface area contributed by atoms with E-state index in [0.717, 1.165) is 25.3 Å². The fraction of sp³-hybridized carbons (Fsp3) is 0.556. The highest BCUT2D eigenvalue weighted by atomic mass is 16.5. The Labute approximate surface area is 149 Å². The van der Waals surface area contributed by atoms with Crippen LogP contribution in [0.25, 0.3) is 0 Å². The lowest BCUT2D eigenvalue weighted by molar-refractivity contribution is -0.114. The van der Waals surface area contributed by atoms with E-state index in [0.29, 0.717) is 30.9 Å². The number of likely N-dealkylation sites (N-methyl/N-ethyl adjacent to an activating group) is 1. The lowest BCUT2D eigenvalue weighted by Gasteiger charge is -2.20. The minimum Gasteiger partial charge on any atom is -0.492 e. The number of nitrogens with two attached hydrogens (primary N) is 1. The molecule has 0 saturated carbocycles. The molecule has 1 fully saturated rings. The number of rotatable bonds is 8. The molecule has 1 atom stereocenters. The van der Waals surface area contributed by atoms with Crippen LogP contribution in [0.3, 0.4) is 0 Å². The van der Waals surface area contributed by atoms with Gasteiger partial charge in [0.25, 0.3) is 0 Å². The third kappa shape index (κ3) is 6.62. The van der Waals surface area contributed by atoms with E-state index >= 15 is 0 Å². The van der Waals surface area contributed by atoms with Crippen molar-refractivity contribution in [3.8, 4) is 5.75 Å². The molecule has 1 heterocycles. The van der Waals surface area contributed by atoms with Gasteiger partial charge in [-0.05, 0) is 38.1 Å². The number of ether oxygens (including phenoxy) is 1. The van der Waals surface area contributed by atoms with E-state index in [9.17, 15) is 4.79 Å². The Balaban J connectivity index is 1.68. The molecule has 0 aromatic heterocycles. The van der Waals surface area contributed by atoms with E-state index in [2.05, 4.69) is 27.4 Å². The quantitative estimate of drug-likeness (QED) is 0.376. The van der Waals surface area contributed by atoms with Gasteiger partial charge in [0, 0.05) is 24.7 Å². The highest BCUT2D eigenvalue weighted by Crippen LogP contribution is 2.17. The third-order valence-electron chi connectivity index (χ3n) is 4.21.